The number of nitrogens with zero attached hydrogens (tertiary/aromatic N) is 1. The van der Waals surface area contributed by atoms with Crippen LogP contribution in [-0.2, 0) is 29.1 Å². The highest BCUT2D eigenvalue weighted by Crippen LogP contribution is 2.46. The van der Waals surface area contributed by atoms with Gasteiger partial charge in [0.15, 0.2) is 5.78 Å². The molecule has 0 N–H and O–H groups in total. The van der Waals surface area contributed by atoms with Crippen molar-refractivity contribution in [2.24, 2.45) is 5.92 Å². The molecule has 1 atom stereocenters. The second-order valence-electron chi connectivity index (χ2n) is 5.23. The van der Waals surface area contributed by atoms with Gasteiger partial charge in [-0.25, -0.2) is 13.2 Å². The monoisotopic (exact) mass is 367 g/mol. The summed E-state index contributed by atoms with van der Waals surface area (Å²) in [5.41, 5.74) is 0.361. The van der Waals surface area contributed by atoms with E-state index in [4.69, 9.17) is 0 Å². The Kier molecular flexibility index (Phi) is 4.00. The quantitative estimate of drug-likeness (QED) is 0.430. The van der Waals surface area contributed by atoms with Crippen molar-refractivity contribution in [2.45, 2.75) is 4.90 Å². The third-order valence-electron chi connectivity index (χ3n) is 3.95. The molecule has 126 valence electrons. The highest BCUT2D eigenvalue weighted by molar-refractivity contribution is 8.08. The zero-order chi connectivity index (χ0) is 17.6. The summed E-state index contributed by atoms with van der Waals surface area (Å²) in [6, 6.07) is 6.38. The van der Waals surface area contributed by atoms with Gasteiger partial charge in [0.25, 0.3) is 15.8 Å². The third kappa shape index (κ3) is 2.27. The fourth-order valence-electron chi connectivity index (χ4n) is 2.68. The van der Waals surface area contributed by atoms with Crippen molar-refractivity contribution < 1.29 is 27.5 Å². The van der Waals surface area contributed by atoms with Crippen LogP contribution in [0.5, 0.6) is 0 Å². The van der Waals surface area contributed by atoms with Gasteiger partial charge in [0.1, 0.15) is 11.6 Å². The van der Waals surface area contributed by atoms with E-state index in [1.165, 1.54) is 24.9 Å². The van der Waals surface area contributed by atoms with Crippen molar-refractivity contribution in [3.63, 3.8) is 0 Å². The molecule has 0 spiro atoms. The van der Waals surface area contributed by atoms with Crippen LogP contribution in [0.25, 0.3) is 4.91 Å². The normalized spacial score (nSPS) is 21.8. The van der Waals surface area contributed by atoms with Crippen molar-refractivity contribution in [1.82, 2.24) is 4.31 Å². The summed E-state index contributed by atoms with van der Waals surface area (Å²) >= 11 is 1.19. The Morgan fingerprint density at radius 1 is 1.29 bits per heavy atom. The average Bonchev–Trinajstić information content (AvgIpc) is 2.58. The summed E-state index contributed by atoms with van der Waals surface area (Å²) in [4.78, 5) is 36.8. The van der Waals surface area contributed by atoms with Gasteiger partial charge in [0.05, 0.1) is 12.0 Å². The summed E-state index contributed by atoms with van der Waals surface area (Å²) in [5, 5.41) is 0. The second kappa shape index (κ2) is 5.75. The first-order chi connectivity index (χ1) is 11.3. The van der Waals surface area contributed by atoms with E-state index < -0.39 is 33.5 Å². The standard InChI is InChI=1S/C15H13NO6S2/c1-16-11-12(17)9(13(18)15(19)22-2)7-23-14(11)8-5-3-4-6-10(8)24(16,20)21/h3-6,9H,7H2,1-2H3. The predicted molar refractivity (Wildman–Crippen MR) is 86.3 cm³/mol. The van der Waals surface area contributed by atoms with Crippen LogP contribution >= 0.6 is 11.8 Å². The van der Waals surface area contributed by atoms with Crippen molar-refractivity contribution >= 4 is 44.2 Å². The number of benzene rings is 1. The molecular weight excluding hydrogens is 354 g/mol. The third-order valence-corrected chi connectivity index (χ3v) is 6.96. The number of hydrogen-bond donors (Lipinski definition) is 0. The maximum Gasteiger partial charge on any atom is 0.375 e. The topological polar surface area (TPSA) is 97.8 Å². The first-order valence-corrected chi connectivity index (χ1v) is 9.35. The van der Waals surface area contributed by atoms with E-state index >= 15 is 0 Å². The highest BCUT2D eigenvalue weighted by atomic mass is 32.2. The van der Waals surface area contributed by atoms with Crippen LogP contribution in [0.3, 0.4) is 0 Å². The van der Waals surface area contributed by atoms with Crippen molar-refractivity contribution in [3.8, 4) is 0 Å². The molecule has 1 aromatic rings. The van der Waals surface area contributed by atoms with E-state index in [-0.39, 0.29) is 16.3 Å². The Bertz CT molecular complexity index is 902. The molecule has 3 rings (SSSR count). The van der Waals surface area contributed by atoms with Gasteiger partial charge >= 0.3 is 5.97 Å². The molecule has 0 saturated carbocycles. The van der Waals surface area contributed by atoms with E-state index in [0.717, 1.165) is 11.4 Å². The van der Waals surface area contributed by atoms with Gasteiger partial charge in [-0.1, -0.05) is 18.2 Å². The lowest BCUT2D eigenvalue weighted by Gasteiger charge is -2.34. The first kappa shape index (κ1) is 16.7. The molecule has 9 heteroatoms. The smallest absolute Gasteiger partial charge is 0.375 e. The Morgan fingerprint density at radius 2 is 1.96 bits per heavy atom. The lowest BCUT2D eigenvalue weighted by molar-refractivity contribution is -0.154. The van der Waals surface area contributed by atoms with Crippen molar-refractivity contribution in [1.29, 1.82) is 0 Å². The summed E-state index contributed by atoms with van der Waals surface area (Å²) in [6.07, 6.45) is 0. The first-order valence-electron chi connectivity index (χ1n) is 6.92. The number of carbonyl (C=O) groups excluding carboxylic acids is 3. The number of allylic oxidation sites excluding steroid dienone is 1. The number of hydrogen-bond acceptors (Lipinski definition) is 7. The molecule has 0 radical (unpaired) electrons. The molecule has 0 aromatic heterocycles. The lowest BCUT2D eigenvalue weighted by atomic mass is 9.96. The molecule has 2 heterocycles. The van der Waals surface area contributed by atoms with Crippen LogP contribution in [-0.4, -0.2) is 50.2 Å². The summed E-state index contributed by atoms with van der Waals surface area (Å²) in [6.45, 7) is 0. The van der Waals surface area contributed by atoms with E-state index in [2.05, 4.69) is 4.74 Å². The summed E-state index contributed by atoms with van der Waals surface area (Å²) in [7, 11) is -1.56. The van der Waals surface area contributed by atoms with Gasteiger partial charge in [-0.15, -0.1) is 11.8 Å². The molecule has 7 nitrogen and oxygen atoms in total. The number of likely N-dealkylation sites (N-methyl/N-ethyl adjacent to an activating group) is 1. The largest absolute Gasteiger partial charge is 0.463 e. The minimum Gasteiger partial charge on any atom is -0.463 e. The molecular formula is C15H13NO6S2. The number of ketones is 2. The number of esters is 1. The fraction of sp³-hybridized carbons (Fsp3) is 0.267. The number of Topliss-reactive ketones (excluding diaryl/α,β-unsaturated/α-hetero) is 2. The van der Waals surface area contributed by atoms with Crippen LogP contribution in [0.1, 0.15) is 5.56 Å². The van der Waals surface area contributed by atoms with Crippen LogP contribution in [0, 0.1) is 5.92 Å². The predicted octanol–water partition coefficient (Wildman–Crippen LogP) is 0.663. The number of sulfonamides is 1. The molecule has 2 aliphatic heterocycles. The molecule has 24 heavy (non-hydrogen) atoms. The highest BCUT2D eigenvalue weighted by Gasteiger charge is 2.45. The number of carbonyl (C=O) groups is 3. The van der Waals surface area contributed by atoms with Crippen LogP contribution in [0.15, 0.2) is 34.9 Å². The van der Waals surface area contributed by atoms with Gasteiger partial charge in [0, 0.05) is 23.3 Å². The van der Waals surface area contributed by atoms with E-state index in [1.54, 1.807) is 18.2 Å². The van der Waals surface area contributed by atoms with Gasteiger partial charge in [-0.2, -0.15) is 0 Å². The SMILES string of the molecule is COC(=O)C(=O)C1CSC2=C(C1=O)N(C)S(=O)(=O)c1ccccc12. The number of ether oxygens (including phenoxy) is 1. The Balaban J connectivity index is 2.15. The molecule has 0 fully saturated rings. The second-order valence-corrected chi connectivity index (χ2v) is 8.20. The van der Waals surface area contributed by atoms with Gasteiger partial charge in [0.2, 0.25) is 0 Å². The molecule has 0 saturated heterocycles. The summed E-state index contributed by atoms with van der Waals surface area (Å²) < 4.78 is 30.5. The average molecular weight is 367 g/mol. The maximum absolute atomic E-state index is 12.7. The Morgan fingerprint density at radius 3 is 2.62 bits per heavy atom. The minimum absolute atomic E-state index is 0.0633. The lowest BCUT2D eigenvalue weighted by Crippen LogP contribution is -2.43. The molecule has 2 aliphatic rings. The Labute approximate surface area is 142 Å². The molecule has 0 aliphatic carbocycles. The number of thioether (sulfide) groups is 1. The molecule has 1 unspecified atom stereocenters. The number of fused-ring (bicyclic) bond motifs is 2. The molecule has 0 bridgehead atoms. The van der Waals surface area contributed by atoms with E-state index in [0.29, 0.717) is 10.5 Å². The molecule has 1 aromatic carbocycles. The van der Waals surface area contributed by atoms with E-state index in [1.807, 2.05) is 0 Å². The van der Waals surface area contributed by atoms with E-state index in [9.17, 15) is 22.8 Å². The number of methoxy groups -OCH3 is 1. The van der Waals surface area contributed by atoms with Crippen LogP contribution in [0.4, 0.5) is 0 Å². The maximum atomic E-state index is 12.7. The van der Waals surface area contributed by atoms with Gasteiger partial charge < -0.3 is 4.74 Å². The number of rotatable bonds is 2. The fourth-order valence-corrected chi connectivity index (χ4v) is 5.56. The van der Waals surface area contributed by atoms with Gasteiger partial charge in [-0.05, 0) is 6.07 Å². The van der Waals surface area contributed by atoms with Crippen molar-refractivity contribution in [3.05, 3.63) is 35.5 Å². The van der Waals surface area contributed by atoms with Crippen LogP contribution in [0.2, 0.25) is 0 Å². The minimum atomic E-state index is -3.89. The zero-order valence-electron chi connectivity index (χ0n) is 12.8. The Hall–Kier alpha value is -2.13. The molecule has 0 amide bonds. The van der Waals surface area contributed by atoms with Crippen molar-refractivity contribution in [2.75, 3.05) is 19.9 Å². The van der Waals surface area contributed by atoms with Gasteiger partial charge in [-0.3, -0.25) is 13.9 Å². The van der Waals surface area contributed by atoms with Crippen LogP contribution < -0.4 is 0 Å². The zero-order valence-corrected chi connectivity index (χ0v) is 14.4. The summed E-state index contributed by atoms with van der Waals surface area (Å²) in [5.74, 6) is -3.94.